The maximum Gasteiger partial charge on any atom is 0.416 e. The van der Waals surface area contributed by atoms with E-state index in [0.29, 0.717) is 18.3 Å². The molecule has 3 nitrogen and oxygen atoms in total. The Morgan fingerprint density at radius 1 is 0.654 bits per heavy atom. The molecule has 0 aliphatic carbocycles. The molecular formula is C41H40F6NO2PSi. The first-order valence-electron chi connectivity index (χ1n) is 16.8. The average Bonchev–Trinajstić information content (AvgIpc) is 3.12. The van der Waals surface area contributed by atoms with Gasteiger partial charge >= 0.3 is 12.4 Å². The predicted octanol–water partition coefficient (Wildman–Crippen LogP) is 8.92. The van der Waals surface area contributed by atoms with Crippen LogP contribution in [0.4, 0.5) is 26.3 Å². The van der Waals surface area contributed by atoms with Crippen molar-refractivity contribution in [1.82, 2.24) is 5.32 Å². The summed E-state index contributed by atoms with van der Waals surface area (Å²) in [5.41, 5.74) is -3.86. The maximum absolute atomic E-state index is 14.0. The van der Waals surface area contributed by atoms with Gasteiger partial charge in [0.05, 0.1) is 23.3 Å². The van der Waals surface area contributed by atoms with E-state index in [9.17, 15) is 31.1 Å². The number of carbonyl (C=O) groups is 1. The molecule has 0 bridgehead atoms. The van der Waals surface area contributed by atoms with Gasteiger partial charge in [-0.25, -0.2) is 0 Å². The second kappa shape index (κ2) is 15.8. The summed E-state index contributed by atoms with van der Waals surface area (Å²) in [4.78, 5) is 14.0. The molecule has 1 N–H and O–H groups in total. The normalized spacial score (nSPS) is 13.8. The highest BCUT2D eigenvalue weighted by atomic mass is 31.1. The van der Waals surface area contributed by atoms with E-state index in [1.807, 2.05) is 128 Å². The summed E-state index contributed by atoms with van der Waals surface area (Å²) in [6.45, 7) is 8.12. The highest BCUT2D eigenvalue weighted by molar-refractivity contribution is 7.73. The van der Waals surface area contributed by atoms with Crippen molar-refractivity contribution in [3.63, 3.8) is 0 Å². The van der Waals surface area contributed by atoms with Crippen LogP contribution in [0.2, 0.25) is 5.04 Å². The first-order chi connectivity index (χ1) is 24.5. The number of alkyl halides is 6. The summed E-state index contributed by atoms with van der Waals surface area (Å²) >= 11 is 0. The van der Waals surface area contributed by atoms with E-state index in [-0.39, 0.29) is 6.07 Å². The van der Waals surface area contributed by atoms with Gasteiger partial charge in [-0.1, -0.05) is 142 Å². The fraction of sp³-hybridized carbons (Fsp3) is 0.244. The van der Waals surface area contributed by atoms with Crippen molar-refractivity contribution in [3.05, 3.63) is 156 Å². The summed E-state index contributed by atoms with van der Waals surface area (Å²) in [7, 11) is -4.41. The third-order valence-electron chi connectivity index (χ3n) is 9.03. The molecule has 0 radical (unpaired) electrons. The van der Waals surface area contributed by atoms with Crippen molar-refractivity contribution in [2.24, 2.45) is 0 Å². The lowest BCUT2D eigenvalue weighted by Crippen LogP contribution is -2.69. The highest BCUT2D eigenvalue weighted by Crippen LogP contribution is 2.41. The quantitative estimate of drug-likeness (QED) is 0.0832. The Labute approximate surface area is 302 Å². The number of rotatable bonds is 11. The lowest BCUT2D eigenvalue weighted by atomic mass is 10.0. The molecule has 0 heterocycles. The summed E-state index contributed by atoms with van der Waals surface area (Å²) in [5, 5.41) is 6.35. The molecule has 0 aliphatic heterocycles. The Morgan fingerprint density at radius 3 is 1.40 bits per heavy atom. The first-order valence-corrected chi connectivity index (χ1v) is 20.2. The van der Waals surface area contributed by atoms with E-state index in [2.05, 4.69) is 26.1 Å². The van der Waals surface area contributed by atoms with Crippen LogP contribution in [0, 0.1) is 0 Å². The smallest absolute Gasteiger partial charge is 0.403 e. The lowest BCUT2D eigenvalue weighted by Gasteiger charge is -2.46. The Morgan fingerprint density at radius 2 is 1.04 bits per heavy atom. The highest BCUT2D eigenvalue weighted by Gasteiger charge is 2.52. The van der Waals surface area contributed by atoms with Crippen molar-refractivity contribution in [1.29, 1.82) is 0 Å². The molecule has 272 valence electrons. The van der Waals surface area contributed by atoms with Crippen LogP contribution in [0.3, 0.4) is 0 Å². The fourth-order valence-electron chi connectivity index (χ4n) is 6.47. The largest absolute Gasteiger partial charge is 0.416 e. The Bertz CT molecular complexity index is 1810. The van der Waals surface area contributed by atoms with Gasteiger partial charge in [0.25, 0.3) is 14.2 Å². The number of benzene rings is 5. The molecule has 5 aromatic carbocycles. The van der Waals surface area contributed by atoms with E-state index in [1.165, 1.54) is 0 Å². The third-order valence-corrected chi connectivity index (χ3v) is 16.8. The van der Waals surface area contributed by atoms with Gasteiger partial charge in [-0.05, 0) is 65.2 Å². The SMILES string of the molecule is C[C@@H](O[Si](c1ccccc1)(c1ccccc1)C(C)(C)C)[C@@H](CP(c1ccccc1)c1ccccc1)NC(=O)c1cc(C(F)(F)F)cc(C(F)(F)F)c1. The van der Waals surface area contributed by atoms with Crippen LogP contribution in [0.15, 0.2) is 140 Å². The van der Waals surface area contributed by atoms with Crippen LogP contribution >= 0.6 is 7.92 Å². The van der Waals surface area contributed by atoms with Gasteiger partial charge in [-0.3, -0.25) is 4.79 Å². The van der Waals surface area contributed by atoms with Crippen LogP contribution in [-0.2, 0) is 16.8 Å². The van der Waals surface area contributed by atoms with Gasteiger partial charge < -0.3 is 9.74 Å². The number of hydrogen-bond donors (Lipinski definition) is 1. The first kappa shape index (κ1) is 39.0. The van der Waals surface area contributed by atoms with E-state index in [1.54, 1.807) is 0 Å². The van der Waals surface area contributed by atoms with Gasteiger partial charge in [-0.15, -0.1) is 0 Å². The maximum atomic E-state index is 14.0. The number of nitrogens with one attached hydrogen (secondary N) is 1. The van der Waals surface area contributed by atoms with Gasteiger partial charge in [0.1, 0.15) is 0 Å². The van der Waals surface area contributed by atoms with Crippen LogP contribution < -0.4 is 26.3 Å². The molecule has 0 saturated heterocycles. The average molecular weight is 752 g/mol. The van der Waals surface area contributed by atoms with E-state index < -0.39 is 68.4 Å². The van der Waals surface area contributed by atoms with Gasteiger partial charge in [0.15, 0.2) is 0 Å². The minimum absolute atomic E-state index is 0.0209. The van der Waals surface area contributed by atoms with Crippen molar-refractivity contribution in [2.75, 3.05) is 6.16 Å². The lowest BCUT2D eigenvalue weighted by molar-refractivity contribution is -0.143. The number of amides is 1. The molecule has 0 aromatic heterocycles. The van der Waals surface area contributed by atoms with Crippen molar-refractivity contribution >= 4 is 43.1 Å². The topological polar surface area (TPSA) is 38.3 Å². The summed E-state index contributed by atoms with van der Waals surface area (Å²) in [5.74, 6) is -1.06. The number of carbonyl (C=O) groups excluding carboxylic acids is 1. The number of halogens is 6. The Hall–Kier alpha value is -4.24. The van der Waals surface area contributed by atoms with E-state index >= 15 is 0 Å². The molecule has 2 atom stereocenters. The van der Waals surface area contributed by atoms with Crippen molar-refractivity contribution in [3.8, 4) is 0 Å². The second-order valence-electron chi connectivity index (χ2n) is 13.6. The molecule has 0 fully saturated rings. The third kappa shape index (κ3) is 8.85. The molecule has 0 spiro atoms. The summed E-state index contributed by atoms with van der Waals surface area (Å²) in [6.07, 6.45) is -10.7. The summed E-state index contributed by atoms with van der Waals surface area (Å²) in [6, 6.07) is 39.1. The van der Waals surface area contributed by atoms with Crippen LogP contribution in [-0.4, -0.2) is 32.5 Å². The van der Waals surface area contributed by atoms with Gasteiger partial charge in [0, 0.05) is 5.56 Å². The zero-order valence-electron chi connectivity index (χ0n) is 29.2. The summed E-state index contributed by atoms with van der Waals surface area (Å²) < 4.78 is 90.5. The zero-order chi connectivity index (χ0) is 37.7. The van der Waals surface area contributed by atoms with Gasteiger partial charge in [0.2, 0.25) is 0 Å². The molecule has 0 aliphatic rings. The molecule has 11 heteroatoms. The minimum Gasteiger partial charge on any atom is -0.403 e. The Kier molecular flexibility index (Phi) is 11.8. The molecule has 0 unspecified atom stereocenters. The monoisotopic (exact) mass is 751 g/mol. The minimum atomic E-state index is -5.11. The van der Waals surface area contributed by atoms with E-state index in [0.717, 1.165) is 21.0 Å². The van der Waals surface area contributed by atoms with Crippen LogP contribution in [0.25, 0.3) is 0 Å². The van der Waals surface area contributed by atoms with Crippen molar-refractivity contribution in [2.45, 2.75) is 57.2 Å². The molecule has 5 rings (SSSR count). The van der Waals surface area contributed by atoms with E-state index in [4.69, 9.17) is 4.43 Å². The predicted molar refractivity (Wildman–Crippen MR) is 200 cm³/mol. The molecular weight excluding hydrogens is 712 g/mol. The Balaban J connectivity index is 1.65. The van der Waals surface area contributed by atoms with Crippen LogP contribution in [0.1, 0.15) is 49.2 Å². The number of hydrogen-bond acceptors (Lipinski definition) is 2. The zero-order valence-corrected chi connectivity index (χ0v) is 31.1. The standard InChI is InChI=1S/C41H40F6NO2PSi/c1-29(50-52(39(2,3)4,35-21-13-7-14-22-35)36-23-15-8-16-24-36)37(28-51(33-17-9-5-10-18-33)34-19-11-6-12-20-34)48-38(49)30-25-31(40(42,43)44)27-32(26-30)41(45,46)47/h5-27,29,37H,28H2,1-4H3,(H,48,49)/t29-,37-/m1/s1. The molecule has 5 aromatic rings. The molecule has 52 heavy (non-hydrogen) atoms. The fourth-order valence-corrected chi connectivity index (χ4v) is 13.8. The van der Waals surface area contributed by atoms with Crippen LogP contribution in [0.5, 0.6) is 0 Å². The van der Waals surface area contributed by atoms with Gasteiger partial charge in [-0.2, -0.15) is 26.3 Å². The molecule has 0 saturated carbocycles. The second-order valence-corrected chi connectivity index (χ2v) is 20.1. The van der Waals surface area contributed by atoms with Crippen molar-refractivity contribution < 1.29 is 35.6 Å². The molecule has 1 amide bonds.